The van der Waals surface area contributed by atoms with Crippen LogP contribution in [0.4, 0.5) is 0 Å². The van der Waals surface area contributed by atoms with Crippen molar-refractivity contribution in [1.29, 1.82) is 0 Å². The van der Waals surface area contributed by atoms with Gasteiger partial charge in [0.1, 0.15) is 5.69 Å². The van der Waals surface area contributed by atoms with Gasteiger partial charge in [-0.3, -0.25) is 9.78 Å². The van der Waals surface area contributed by atoms with E-state index in [1.165, 1.54) is 6.20 Å². The van der Waals surface area contributed by atoms with Crippen LogP contribution in [0.2, 0.25) is 0 Å². The fourth-order valence-electron chi connectivity index (χ4n) is 2.31. The maximum atomic E-state index is 12.0. The number of aliphatic hydroxyl groups excluding tert-OH is 1. The Hall–Kier alpha value is -1.47. The molecule has 3 N–H and O–H groups in total. The van der Waals surface area contributed by atoms with Crippen molar-refractivity contribution in [3.05, 3.63) is 36.2 Å². The van der Waals surface area contributed by atoms with E-state index in [0.29, 0.717) is 30.8 Å². The number of aromatic nitrogens is 2. The molecule has 0 radical (unpaired) electrons. The van der Waals surface area contributed by atoms with Gasteiger partial charge < -0.3 is 15.7 Å². The summed E-state index contributed by atoms with van der Waals surface area (Å²) in [6.07, 6.45) is 1.07. The van der Waals surface area contributed by atoms with Crippen molar-refractivity contribution in [2.45, 2.75) is 6.10 Å². The summed E-state index contributed by atoms with van der Waals surface area (Å²) >= 11 is 0. The van der Waals surface area contributed by atoms with Crippen molar-refractivity contribution in [2.24, 2.45) is 5.92 Å². The van der Waals surface area contributed by atoms with E-state index in [9.17, 15) is 9.90 Å². The Kier molecular flexibility index (Phi) is 6.96. The molecule has 1 aromatic carbocycles. The zero-order valence-electron chi connectivity index (χ0n) is 11.7. The second-order valence-electron chi connectivity index (χ2n) is 4.94. The van der Waals surface area contributed by atoms with E-state index in [-0.39, 0.29) is 36.6 Å². The molecule has 1 saturated heterocycles. The quantitative estimate of drug-likeness (QED) is 0.766. The number of rotatable bonds is 3. The normalized spacial score (nSPS) is 20.0. The van der Waals surface area contributed by atoms with E-state index in [0.717, 1.165) is 5.52 Å². The molecule has 1 aromatic heterocycles. The summed E-state index contributed by atoms with van der Waals surface area (Å²) in [6.45, 7) is 1.72. The summed E-state index contributed by atoms with van der Waals surface area (Å²) in [5.74, 6) is -0.213. The molecular formula is C14H18Cl2N4O2. The number of nitrogens with one attached hydrogen (secondary N) is 2. The van der Waals surface area contributed by atoms with Crippen LogP contribution in [-0.2, 0) is 0 Å². The molecule has 0 saturated carbocycles. The number of hydrogen-bond acceptors (Lipinski definition) is 5. The second-order valence-corrected chi connectivity index (χ2v) is 4.94. The minimum atomic E-state index is -0.405. The number of para-hydroxylation sites is 2. The van der Waals surface area contributed by atoms with Crippen molar-refractivity contribution in [1.82, 2.24) is 20.6 Å². The van der Waals surface area contributed by atoms with Gasteiger partial charge in [-0.2, -0.15) is 0 Å². The average molecular weight is 345 g/mol. The van der Waals surface area contributed by atoms with Gasteiger partial charge in [-0.05, 0) is 12.1 Å². The minimum Gasteiger partial charge on any atom is -0.391 e. The van der Waals surface area contributed by atoms with Crippen molar-refractivity contribution >= 4 is 41.8 Å². The zero-order chi connectivity index (χ0) is 13.9. The highest BCUT2D eigenvalue weighted by molar-refractivity contribution is 5.93. The van der Waals surface area contributed by atoms with Crippen LogP contribution in [0.25, 0.3) is 11.0 Å². The monoisotopic (exact) mass is 344 g/mol. The largest absolute Gasteiger partial charge is 0.391 e. The van der Waals surface area contributed by atoms with Crippen molar-refractivity contribution in [3.63, 3.8) is 0 Å². The molecule has 0 aliphatic carbocycles. The van der Waals surface area contributed by atoms with E-state index in [4.69, 9.17) is 0 Å². The Balaban J connectivity index is 0.00000121. The lowest BCUT2D eigenvalue weighted by molar-refractivity contribution is 0.0922. The van der Waals surface area contributed by atoms with E-state index >= 15 is 0 Å². The van der Waals surface area contributed by atoms with Crippen LogP contribution in [0.5, 0.6) is 0 Å². The number of halogens is 2. The number of amides is 1. The molecule has 22 heavy (non-hydrogen) atoms. The van der Waals surface area contributed by atoms with Gasteiger partial charge in [0, 0.05) is 25.6 Å². The molecule has 1 fully saturated rings. The maximum absolute atomic E-state index is 12.0. The average Bonchev–Trinajstić information content (AvgIpc) is 2.89. The molecule has 1 aliphatic rings. The van der Waals surface area contributed by atoms with Gasteiger partial charge in [-0.1, -0.05) is 12.1 Å². The molecule has 1 aliphatic heterocycles. The lowest BCUT2D eigenvalue weighted by Gasteiger charge is -2.13. The van der Waals surface area contributed by atoms with Crippen molar-refractivity contribution in [3.8, 4) is 0 Å². The Morgan fingerprint density at radius 1 is 1.27 bits per heavy atom. The van der Waals surface area contributed by atoms with Crippen molar-refractivity contribution < 1.29 is 9.90 Å². The van der Waals surface area contributed by atoms with Gasteiger partial charge in [-0.15, -0.1) is 24.8 Å². The topological polar surface area (TPSA) is 87.1 Å². The van der Waals surface area contributed by atoms with Crippen LogP contribution in [0.3, 0.4) is 0 Å². The molecule has 120 valence electrons. The summed E-state index contributed by atoms with van der Waals surface area (Å²) in [5.41, 5.74) is 1.76. The fraction of sp³-hybridized carbons (Fsp3) is 0.357. The molecule has 1 amide bonds. The molecule has 2 unspecified atom stereocenters. The van der Waals surface area contributed by atoms with Crippen LogP contribution in [0.15, 0.2) is 30.5 Å². The van der Waals surface area contributed by atoms with Crippen LogP contribution < -0.4 is 10.6 Å². The number of fused-ring (bicyclic) bond motifs is 1. The van der Waals surface area contributed by atoms with Gasteiger partial charge in [0.25, 0.3) is 5.91 Å². The van der Waals surface area contributed by atoms with Crippen LogP contribution in [0, 0.1) is 5.92 Å². The van der Waals surface area contributed by atoms with Crippen LogP contribution >= 0.6 is 24.8 Å². The lowest BCUT2D eigenvalue weighted by atomic mass is 10.1. The molecule has 0 bridgehead atoms. The number of carbonyl (C=O) groups excluding carboxylic acids is 1. The third kappa shape index (κ3) is 4.04. The second kappa shape index (κ2) is 8.24. The Labute approximate surface area is 140 Å². The molecule has 3 rings (SSSR count). The molecule has 2 heterocycles. The first kappa shape index (κ1) is 18.6. The molecule has 6 nitrogen and oxygen atoms in total. The van der Waals surface area contributed by atoms with Gasteiger partial charge >= 0.3 is 0 Å². The highest BCUT2D eigenvalue weighted by Gasteiger charge is 2.25. The Morgan fingerprint density at radius 2 is 2.00 bits per heavy atom. The summed E-state index contributed by atoms with van der Waals surface area (Å²) in [4.78, 5) is 20.5. The van der Waals surface area contributed by atoms with Gasteiger partial charge in [0.05, 0.1) is 23.3 Å². The van der Waals surface area contributed by atoms with Gasteiger partial charge in [0.15, 0.2) is 0 Å². The first-order chi connectivity index (χ1) is 9.74. The number of carbonyl (C=O) groups is 1. The smallest absolute Gasteiger partial charge is 0.271 e. The summed E-state index contributed by atoms with van der Waals surface area (Å²) < 4.78 is 0. The van der Waals surface area contributed by atoms with Gasteiger partial charge in [-0.25, -0.2) is 4.98 Å². The third-order valence-corrected chi connectivity index (χ3v) is 3.51. The number of benzene rings is 1. The number of β-amino-alcohol motifs (C(OH)–C–C–N with tert-alkyl or cyclic N) is 1. The predicted octanol–water partition coefficient (Wildman–Crippen LogP) is 0.783. The highest BCUT2D eigenvalue weighted by Crippen LogP contribution is 2.10. The molecule has 2 atom stereocenters. The Bertz CT molecular complexity index is 641. The molecular weight excluding hydrogens is 327 g/mol. The van der Waals surface area contributed by atoms with E-state index in [1.807, 2.05) is 24.3 Å². The summed E-state index contributed by atoms with van der Waals surface area (Å²) in [5, 5.41) is 15.5. The maximum Gasteiger partial charge on any atom is 0.271 e. The number of nitrogens with zero attached hydrogens (tertiary/aromatic N) is 2. The predicted molar refractivity (Wildman–Crippen MR) is 88.7 cm³/mol. The summed E-state index contributed by atoms with van der Waals surface area (Å²) in [7, 11) is 0. The van der Waals surface area contributed by atoms with Gasteiger partial charge in [0.2, 0.25) is 0 Å². The van der Waals surface area contributed by atoms with Crippen LogP contribution in [0.1, 0.15) is 10.5 Å². The number of aliphatic hydroxyl groups is 1. The summed E-state index contributed by atoms with van der Waals surface area (Å²) in [6, 6.07) is 7.42. The zero-order valence-corrected chi connectivity index (χ0v) is 13.4. The van der Waals surface area contributed by atoms with E-state index in [1.54, 1.807) is 0 Å². The molecule has 8 heteroatoms. The van der Waals surface area contributed by atoms with Crippen LogP contribution in [-0.4, -0.2) is 46.7 Å². The first-order valence-corrected chi connectivity index (χ1v) is 6.63. The third-order valence-electron chi connectivity index (χ3n) is 3.51. The minimum absolute atomic E-state index is 0. The van der Waals surface area contributed by atoms with E-state index in [2.05, 4.69) is 20.6 Å². The van der Waals surface area contributed by atoms with E-state index < -0.39 is 6.10 Å². The SMILES string of the molecule is Cl.Cl.O=C(NCC1CNCC1O)c1cnc2ccccc2n1. The molecule has 2 aromatic rings. The van der Waals surface area contributed by atoms with Crippen molar-refractivity contribution in [2.75, 3.05) is 19.6 Å². The lowest BCUT2D eigenvalue weighted by Crippen LogP contribution is -2.34. The standard InChI is InChI=1S/C14H16N4O2.2ClH/c19-13-8-15-5-9(13)6-17-14(20)12-7-16-10-3-1-2-4-11(10)18-12;;/h1-4,7,9,13,15,19H,5-6,8H2,(H,17,20);2*1H. The Morgan fingerprint density at radius 3 is 2.68 bits per heavy atom. The highest BCUT2D eigenvalue weighted by atomic mass is 35.5. The fourth-order valence-corrected chi connectivity index (χ4v) is 2.31. The number of hydrogen-bond donors (Lipinski definition) is 3. The molecule has 0 spiro atoms. The first-order valence-electron chi connectivity index (χ1n) is 6.63.